The molecule has 1 aromatic carbocycles. The van der Waals surface area contributed by atoms with Crippen molar-refractivity contribution in [1.82, 2.24) is 4.90 Å². The molecule has 1 saturated heterocycles. The van der Waals surface area contributed by atoms with Gasteiger partial charge in [-0.25, -0.2) is 4.79 Å². The number of Topliss-reactive ketones (excluding diaryl/α,β-unsaturated/α-hetero) is 1. The average molecular weight is 274 g/mol. The number of nitrogens with one attached hydrogen (secondary N) is 1. The third kappa shape index (κ3) is 3.38. The van der Waals surface area contributed by atoms with E-state index >= 15 is 0 Å². The number of carbonyl (C=O) groups is 2. The number of likely N-dealkylation sites (tertiary alicyclic amines) is 1. The second-order valence-electron chi connectivity index (χ2n) is 5.76. The molecule has 1 N–H and O–H groups in total. The fourth-order valence-electron chi connectivity index (χ4n) is 2.47. The van der Waals surface area contributed by atoms with Crippen molar-refractivity contribution in [2.24, 2.45) is 11.8 Å². The molecule has 0 spiro atoms. The monoisotopic (exact) mass is 274 g/mol. The Hall–Kier alpha value is -1.84. The Bertz CT molecular complexity index is 513. The number of carbonyl (C=O) groups excluding carboxylic acids is 2. The van der Waals surface area contributed by atoms with E-state index in [1.54, 1.807) is 24.3 Å². The molecule has 2 amide bonds. The van der Waals surface area contributed by atoms with Crippen LogP contribution in [0.3, 0.4) is 0 Å². The highest BCUT2D eigenvalue weighted by Gasteiger charge is 2.25. The van der Waals surface area contributed by atoms with Gasteiger partial charge in [0.05, 0.1) is 0 Å². The van der Waals surface area contributed by atoms with Gasteiger partial charge >= 0.3 is 6.03 Å². The maximum atomic E-state index is 12.2. The van der Waals surface area contributed by atoms with E-state index in [0.29, 0.717) is 23.1 Å². The number of benzene rings is 1. The van der Waals surface area contributed by atoms with E-state index < -0.39 is 0 Å². The summed E-state index contributed by atoms with van der Waals surface area (Å²) in [7, 11) is 0. The molecule has 1 aromatic rings. The highest BCUT2D eigenvalue weighted by Crippen LogP contribution is 2.23. The molecular formula is C16H22N2O2. The van der Waals surface area contributed by atoms with Gasteiger partial charge in [-0.2, -0.15) is 0 Å². The molecule has 0 aliphatic carbocycles. The summed E-state index contributed by atoms with van der Waals surface area (Å²) in [6.45, 7) is 7.52. The third-order valence-electron chi connectivity index (χ3n) is 4.14. The van der Waals surface area contributed by atoms with E-state index in [1.807, 2.05) is 4.90 Å². The van der Waals surface area contributed by atoms with Crippen LogP contribution in [0.1, 0.15) is 37.6 Å². The van der Waals surface area contributed by atoms with Crippen LogP contribution in [0.5, 0.6) is 0 Å². The molecule has 1 heterocycles. The van der Waals surface area contributed by atoms with E-state index in [9.17, 15) is 9.59 Å². The molecular weight excluding hydrogens is 252 g/mol. The first kappa shape index (κ1) is 14.6. The lowest BCUT2D eigenvalue weighted by Crippen LogP contribution is -2.44. The predicted molar refractivity (Wildman–Crippen MR) is 80.0 cm³/mol. The lowest BCUT2D eigenvalue weighted by Gasteiger charge is -2.35. The molecule has 108 valence electrons. The molecule has 2 atom stereocenters. The normalized spacial score (nSPS) is 22.4. The van der Waals surface area contributed by atoms with Gasteiger partial charge in [-0.3, -0.25) is 4.79 Å². The molecule has 1 fully saturated rings. The van der Waals surface area contributed by atoms with Gasteiger partial charge in [0.2, 0.25) is 0 Å². The summed E-state index contributed by atoms with van der Waals surface area (Å²) >= 11 is 0. The number of rotatable bonds is 2. The van der Waals surface area contributed by atoms with Gasteiger partial charge in [0.1, 0.15) is 0 Å². The van der Waals surface area contributed by atoms with Crippen molar-refractivity contribution in [2.75, 3.05) is 18.4 Å². The van der Waals surface area contributed by atoms with Gasteiger partial charge in [-0.1, -0.05) is 26.0 Å². The number of hydrogen-bond acceptors (Lipinski definition) is 2. The van der Waals surface area contributed by atoms with Gasteiger partial charge in [-0.05, 0) is 37.3 Å². The quantitative estimate of drug-likeness (QED) is 0.840. The van der Waals surface area contributed by atoms with Crippen LogP contribution in [-0.4, -0.2) is 29.8 Å². The van der Waals surface area contributed by atoms with Crippen molar-refractivity contribution in [3.05, 3.63) is 29.8 Å². The molecule has 2 rings (SSSR count). The van der Waals surface area contributed by atoms with Crippen molar-refractivity contribution < 1.29 is 9.59 Å². The van der Waals surface area contributed by atoms with E-state index in [1.165, 1.54) is 6.92 Å². The minimum Gasteiger partial charge on any atom is -0.324 e. The van der Waals surface area contributed by atoms with E-state index in [-0.39, 0.29) is 11.8 Å². The zero-order valence-electron chi connectivity index (χ0n) is 12.3. The zero-order chi connectivity index (χ0) is 14.7. The Balaban J connectivity index is 2.01. The maximum absolute atomic E-state index is 12.2. The van der Waals surface area contributed by atoms with Crippen molar-refractivity contribution in [1.29, 1.82) is 0 Å². The van der Waals surface area contributed by atoms with Gasteiger partial charge in [0.25, 0.3) is 0 Å². The second kappa shape index (κ2) is 6.07. The summed E-state index contributed by atoms with van der Waals surface area (Å²) in [5, 5.41) is 2.88. The number of anilines is 1. The smallest absolute Gasteiger partial charge is 0.321 e. The van der Waals surface area contributed by atoms with Crippen LogP contribution in [0.25, 0.3) is 0 Å². The minimum atomic E-state index is -0.0792. The average Bonchev–Trinajstić information content (AvgIpc) is 2.42. The highest BCUT2D eigenvalue weighted by molar-refractivity contribution is 5.96. The topological polar surface area (TPSA) is 49.4 Å². The molecule has 1 aliphatic rings. The Labute approximate surface area is 120 Å². The third-order valence-corrected chi connectivity index (χ3v) is 4.14. The molecule has 2 unspecified atom stereocenters. The maximum Gasteiger partial charge on any atom is 0.321 e. The number of hydrogen-bond donors (Lipinski definition) is 1. The zero-order valence-corrected chi connectivity index (χ0v) is 12.3. The first-order valence-corrected chi connectivity index (χ1v) is 7.14. The molecule has 0 aromatic heterocycles. The Morgan fingerprint density at radius 1 is 1.25 bits per heavy atom. The summed E-state index contributed by atoms with van der Waals surface area (Å²) in [6, 6.07) is 6.98. The Morgan fingerprint density at radius 2 is 2.00 bits per heavy atom. The number of urea groups is 1. The number of amides is 2. The summed E-state index contributed by atoms with van der Waals surface area (Å²) in [6.07, 6.45) is 1.04. The van der Waals surface area contributed by atoms with Crippen LogP contribution >= 0.6 is 0 Å². The SMILES string of the molecule is CC(=O)c1cccc(NC(=O)N2CCC(C)C(C)C2)c1. The van der Waals surface area contributed by atoms with Crippen LogP contribution in [0.15, 0.2) is 24.3 Å². The van der Waals surface area contributed by atoms with E-state index in [0.717, 1.165) is 19.5 Å². The number of piperidine rings is 1. The molecule has 20 heavy (non-hydrogen) atoms. The summed E-state index contributed by atoms with van der Waals surface area (Å²) in [4.78, 5) is 25.4. The van der Waals surface area contributed by atoms with Gasteiger partial charge in [0.15, 0.2) is 5.78 Å². The number of nitrogens with zero attached hydrogens (tertiary/aromatic N) is 1. The Morgan fingerprint density at radius 3 is 2.65 bits per heavy atom. The molecule has 4 heteroatoms. The molecule has 0 bridgehead atoms. The van der Waals surface area contributed by atoms with Crippen molar-refractivity contribution in [2.45, 2.75) is 27.2 Å². The lowest BCUT2D eigenvalue weighted by molar-refractivity contribution is 0.101. The molecule has 4 nitrogen and oxygen atoms in total. The van der Waals surface area contributed by atoms with E-state index in [4.69, 9.17) is 0 Å². The lowest BCUT2D eigenvalue weighted by atomic mass is 9.89. The summed E-state index contributed by atoms with van der Waals surface area (Å²) in [5.74, 6) is 1.19. The van der Waals surface area contributed by atoms with Crippen LogP contribution in [0, 0.1) is 11.8 Å². The standard InChI is InChI=1S/C16H22N2O2/c1-11-7-8-18(10-12(11)2)16(20)17-15-6-4-5-14(9-15)13(3)19/h4-6,9,11-12H,7-8,10H2,1-3H3,(H,17,20). The van der Waals surface area contributed by atoms with E-state index in [2.05, 4.69) is 19.2 Å². The predicted octanol–water partition coefficient (Wildman–Crippen LogP) is 3.40. The fourth-order valence-corrected chi connectivity index (χ4v) is 2.47. The summed E-state index contributed by atoms with van der Waals surface area (Å²) < 4.78 is 0. The van der Waals surface area contributed by atoms with Crippen LogP contribution in [-0.2, 0) is 0 Å². The van der Waals surface area contributed by atoms with Gasteiger partial charge in [-0.15, -0.1) is 0 Å². The first-order valence-electron chi connectivity index (χ1n) is 7.14. The van der Waals surface area contributed by atoms with Crippen LogP contribution in [0.4, 0.5) is 10.5 Å². The highest BCUT2D eigenvalue weighted by atomic mass is 16.2. The number of ketones is 1. The van der Waals surface area contributed by atoms with Gasteiger partial charge in [0, 0.05) is 24.3 Å². The van der Waals surface area contributed by atoms with Gasteiger partial charge < -0.3 is 10.2 Å². The largest absolute Gasteiger partial charge is 0.324 e. The van der Waals surface area contributed by atoms with Crippen molar-refractivity contribution in [3.63, 3.8) is 0 Å². The van der Waals surface area contributed by atoms with Crippen LogP contribution < -0.4 is 5.32 Å². The van der Waals surface area contributed by atoms with Crippen molar-refractivity contribution in [3.8, 4) is 0 Å². The molecule has 0 saturated carbocycles. The van der Waals surface area contributed by atoms with Crippen molar-refractivity contribution >= 4 is 17.5 Å². The minimum absolute atomic E-state index is 0.00141. The van der Waals surface area contributed by atoms with Crippen LogP contribution in [0.2, 0.25) is 0 Å². The molecule has 1 aliphatic heterocycles. The fraction of sp³-hybridized carbons (Fsp3) is 0.500. The Kier molecular flexibility index (Phi) is 4.42. The summed E-state index contributed by atoms with van der Waals surface area (Å²) in [5.41, 5.74) is 1.29. The second-order valence-corrected chi connectivity index (χ2v) is 5.76. The first-order chi connectivity index (χ1) is 9.47. The molecule has 0 radical (unpaired) electrons.